The Balaban J connectivity index is 2.42. The summed E-state index contributed by atoms with van der Waals surface area (Å²) in [5.74, 6) is 0.398. The SMILES string of the molecule is C=C(/C=C(\C)Cn1c(=O)n(Cc2cc(C(C)(C)C)c(O)c(C(C)(C)C)c2)c(=O)n(Cc2cc(C(C)(C)C)c(O)c(C(C)(C)C)c2)c1=O)C(C)(C)C. The minimum atomic E-state index is -0.729. The number of phenols is 2. The van der Waals surface area contributed by atoms with E-state index in [-0.39, 0.29) is 36.5 Å². The molecule has 1 heterocycles. The zero-order chi connectivity index (χ0) is 39.4. The molecule has 1 aromatic heterocycles. The summed E-state index contributed by atoms with van der Waals surface area (Å²) >= 11 is 0. The van der Waals surface area contributed by atoms with Crippen molar-refractivity contribution in [2.45, 2.75) is 152 Å². The van der Waals surface area contributed by atoms with Crippen LogP contribution in [0.3, 0.4) is 0 Å². The van der Waals surface area contributed by atoms with Gasteiger partial charge in [0.1, 0.15) is 11.5 Å². The van der Waals surface area contributed by atoms with E-state index in [2.05, 4.69) is 6.58 Å². The Kier molecular flexibility index (Phi) is 11.2. The van der Waals surface area contributed by atoms with Gasteiger partial charge in [-0.15, -0.1) is 0 Å². The first-order valence-electron chi connectivity index (χ1n) is 17.9. The first-order chi connectivity index (χ1) is 22.9. The fraction of sp³-hybridized carbons (Fsp3) is 0.558. The molecular weight excluding hydrogens is 638 g/mol. The standard InChI is InChI=1S/C43H63N3O5/c1-26(18-27(2)39(3,4)5)23-44-36(49)45(24-28-19-30(40(6,7)8)34(47)31(20-28)41(9,10)11)38(51)46(37(44)50)25-29-21-32(42(12,13)14)35(48)33(22-29)43(15,16)17/h18-22,47-48H,2,23-25H2,1,3-17H3/b26-18+. The molecule has 0 amide bonds. The molecule has 0 aliphatic carbocycles. The highest BCUT2D eigenvalue weighted by atomic mass is 16.3. The third-order valence-electron chi connectivity index (χ3n) is 9.43. The van der Waals surface area contributed by atoms with Crippen molar-refractivity contribution in [3.8, 4) is 11.5 Å². The lowest BCUT2D eigenvalue weighted by molar-refractivity contribution is 0.421. The molecule has 0 aliphatic heterocycles. The van der Waals surface area contributed by atoms with Gasteiger partial charge in [-0.05, 0) is 97.2 Å². The summed E-state index contributed by atoms with van der Waals surface area (Å²) in [5, 5.41) is 22.7. The van der Waals surface area contributed by atoms with E-state index in [1.165, 1.54) is 0 Å². The topological polar surface area (TPSA) is 106 Å². The second-order valence-corrected chi connectivity index (χ2v) is 19.5. The third-order valence-corrected chi connectivity index (χ3v) is 9.43. The zero-order valence-corrected chi connectivity index (χ0v) is 34.2. The molecule has 280 valence electrons. The smallest absolute Gasteiger partial charge is 0.336 e. The van der Waals surface area contributed by atoms with E-state index in [0.717, 1.165) is 24.8 Å². The minimum absolute atomic E-state index is 0.0286. The lowest BCUT2D eigenvalue weighted by Crippen LogP contribution is -2.55. The van der Waals surface area contributed by atoms with Crippen LogP contribution in [-0.2, 0) is 41.3 Å². The van der Waals surface area contributed by atoms with Crippen LogP contribution in [0.5, 0.6) is 11.5 Å². The minimum Gasteiger partial charge on any atom is -0.507 e. The zero-order valence-electron chi connectivity index (χ0n) is 34.2. The lowest BCUT2D eigenvalue weighted by atomic mass is 9.78. The van der Waals surface area contributed by atoms with Gasteiger partial charge in [-0.3, -0.25) is 0 Å². The Morgan fingerprint density at radius 1 is 0.569 bits per heavy atom. The predicted octanol–water partition coefficient (Wildman–Crippen LogP) is 8.42. The highest BCUT2D eigenvalue weighted by molar-refractivity contribution is 5.51. The van der Waals surface area contributed by atoms with Crippen molar-refractivity contribution in [2.24, 2.45) is 5.41 Å². The fourth-order valence-corrected chi connectivity index (χ4v) is 6.12. The summed E-state index contributed by atoms with van der Waals surface area (Å²) in [6, 6.07) is 7.39. The van der Waals surface area contributed by atoms with Gasteiger partial charge in [0.25, 0.3) is 0 Å². The second-order valence-electron chi connectivity index (χ2n) is 19.5. The van der Waals surface area contributed by atoms with E-state index < -0.39 is 38.7 Å². The first-order valence-corrected chi connectivity index (χ1v) is 17.9. The maximum atomic E-state index is 14.4. The third kappa shape index (κ3) is 9.24. The highest BCUT2D eigenvalue weighted by Crippen LogP contribution is 2.41. The van der Waals surface area contributed by atoms with Crippen LogP contribution in [0.1, 0.15) is 144 Å². The fourth-order valence-electron chi connectivity index (χ4n) is 6.12. The number of hydrogen-bond acceptors (Lipinski definition) is 5. The van der Waals surface area contributed by atoms with Crippen molar-refractivity contribution in [2.75, 3.05) is 0 Å². The average Bonchev–Trinajstić information content (AvgIpc) is 2.94. The molecule has 8 heteroatoms. The van der Waals surface area contributed by atoms with Crippen LogP contribution in [0, 0.1) is 5.41 Å². The molecule has 2 N–H and O–H groups in total. The van der Waals surface area contributed by atoms with Gasteiger partial charge in [-0.2, -0.15) is 0 Å². The Labute approximate surface area is 305 Å². The van der Waals surface area contributed by atoms with Crippen molar-refractivity contribution < 1.29 is 10.2 Å². The molecule has 2 aromatic carbocycles. The number of rotatable bonds is 7. The van der Waals surface area contributed by atoms with E-state index in [1.54, 1.807) is 0 Å². The molecule has 0 fully saturated rings. The average molecular weight is 702 g/mol. The normalized spacial score (nSPS) is 13.5. The molecule has 8 nitrogen and oxygen atoms in total. The monoisotopic (exact) mass is 701 g/mol. The molecule has 51 heavy (non-hydrogen) atoms. The van der Waals surface area contributed by atoms with E-state index in [9.17, 15) is 24.6 Å². The van der Waals surface area contributed by atoms with Gasteiger partial charge in [0.2, 0.25) is 0 Å². The van der Waals surface area contributed by atoms with Gasteiger partial charge in [0.15, 0.2) is 0 Å². The Hall–Kier alpha value is -4.07. The predicted molar refractivity (Wildman–Crippen MR) is 211 cm³/mol. The molecule has 0 saturated heterocycles. The molecule has 0 aliphatic rings. The molecule has 0 saturated carbocycles. The number of allylic oxidation sites excluding steroid dienone is 3. The van der Waals surface area contributed by atoms with Crippen molar-refractivity contribution >= 4 is 0 Å². The summed E-state index contributed by atoms with van der Waals surface area (Å²) < 4.78 is 3.36. The van der Waals surface area contributed by atoms with Crippen LogP contribution in [0.2, 0.25) is 0 Å². The van der Waals surface area contributed by atoms with Crippen LogP contribution < -0.4 is 17.1 Å². The second kappa shape index (κ2) is 13.8. The molecule has 0 unspecified atom stereocenters. The Morgan fingerprint density at radius 3 is 1.10 bits per heavy atom. The summed E-state index contributed by atoms with van der Waals surface area (Å²) in [7, 11) is 0. The largest absolute Gasteiger partial charge is 0.507 e. The van der Waals surface area contributed by atoms with Crippen LogP contribution in [0.4, 0.5) is 0 Å². The van der Waals surface area contributed by atoms with Crippen LogP contribution in [0.25, 0.3) is 0 Å². The van der Waals surface area contributed by atoms with E-state index >= 15 is 0 Å². The molecular formula is C43H63N3O5. The van der Waals surface area contributed by atoms with Crippen molar-refractivity contribution in [3.63, 3.8) is 0 Å². The van der Waals surface area contributed by atoms with Crippen molar-refractivity contribution in [3.05, 3.63) is 113 Å². The number of aromatic nitrogens is 3. The van der Waals surface area contributed by atoms with Crippen molar-refractivity contribution in [1.29, 1.82) is 0 Å². The maximum absolute atomic E-state index is 14.4. The van der Waals surface area contributed by atoms with Gasteiger partial charge in [0, 0.05) is 0 Å². The number of hydrogen-bond donors (Lipinski definition) is 2. The maximum Gasteiger partial charge on any atom is 0.336 e. The molecule has 0 atom stereocenters. The molecule has 3 rings (SSSR count). The summed E-state index contributed by atoms with van der Waals surface area (Å²) in [6.45, 7) is 36.0. The van der Waals surface area contributed by atoms with Crippen LogP contribution in [0.15, 0.2) is 62.5 Å². The number of nitrogens with zero attached hydrogens (tertiary/aromatic N) is 3. The molecule has 0 radical (unpaired) electrons. The van der Waals surface area contributed by atoms with Gasteiger partial charge in [0.05, 0.1) is 19.6 Å². The molecule has 0 spiro atoms. The van der Waals surface area contributed by atoms with Gasteiger partial charge >= 0.3 is 17.1 Å². The Morgan fingerprint density at radius 2 is 0.843 bits per heavy atom. The van der Waals surface area contributed by atoms with Crippen LogP contribution >= 0.6 is 0 Å². The number of benzene rings is 2. The van der Waals surface area contributed by atoms with E-state index in [4.69, 9.17) is 0 Å². The quantitative estimate of drug-likeness (QED) is 0.241. The lowest BCUT2D eigenvalue weighted by Gasteiger charge is -2.28. The van der Waals surface area contributed by atoms with Crippen molar-refractivity contribution in [1.82, 2.24) is 13.7 Å². The first kappa shape index (κ1) is 41.4. The summed E-state index contributed by atoms with van der Waals surface area (Å²) in [4.78, 5) is 42.9. The summed E-state index contributed by atoms with van der Waals surface area (Å²) in [6.07, 6.45) is 1.89. The molecule has 0 bridgehead atoms. The van der Waals surface area contributed by atoms with Gasteiger partial charge < -0.3 is 10.2 Å². The summed E-state index contributed by atoms with van der Waals surface area (Å²) in [5.41, 5.74) is 1.71. The highest BCUT2D eigenvalue weighted by Gasteiger charge is 2.29. The molecule has 3 aromatic rings. The Bertz CT molecular complexity index is 1840. The van der Waals surface area contributed by atoms with E-state index in [0.29, 0.717) is 33.4 Å². The van der Waals surface area contributed by atoms with Gasteiger partial charge in [-0.1, -0.05) is 122 Å². The number of aromatic hydroxyl groups is 2. The number of phenolic OH excluding ortho intramolecular Hbond substituents is 2. The van der Waals surface area contributed by atoms with Gasteiger partial charge in [-0.25, -0.2) is 28.1 Å². The van der Waals surface area contributed by atoms with Crippen LogP contribution in [-0.4, -0.2) is 23.9 Å². The van der Waals surface area contributed by atoms with E-state index in [1.807, 2.05) is 141 Å².